The Kier molecular flexibility index (Phi) is 10.8. The van der Waals surface area contributed by atoms with Gasteiger partial charge in [-0.05, 0) is 25.0 Å². The maximum absolute atomic E-state index is 12.7. The summed E-state index contributed by atoms with van der Waals surface area (Å²) in [6.45, 7) is 6.58. The van der Waals surface area contributed by atoms with Gasteiger partial charge in [-0.2, -0.15) is 0 Å². The molecular weight excluding hydrogens is 432 g/mol. The molecule has 0 saturated carbocycles. The zero-order valence-corrected chi connectivity index (χ0v) is 18.6. The summed E-state index contributed by atoms with van der Waals surface area (Å²) in [6.07, 6.45) is -2.17. The van der Waals surface area contributed by atoms with Crippen LogP contribution in [0.15, 0.2) is 55.6 Å². The van der Waals surface area contributed by atoms with Crippen LogP contribution in [0.5, 0.6) is 0 Å². The minimum Gasteiger partial charge on any atom is -0.455 e. The highest BCUT2D eigenvalue weighted by atomic mass is 16.7. The highest BCUT2D eigenvalue weighted by Gasteiger charge is 2.52. The van der Waals surface area contributed by atoms with Crippen LogP contribution in [0.1, 0.15) is 36.0 Å². The van der Waals surface area contributed by atoms with Crippen LogP contribution in [-0.4, -0.2) is 67.4 Å². The third-order valence-electron chi connectivity index (χ3n) is 4.90. The van der Waals surface area contributed by atoms with Gasteiger partial charge in [0, 0.05) is 20.0 Å². The van der Waals surface area contributed by atoms with E-state index in [9.17, 15) is 19.5 Å². The molecule has 0 aromatic heterocycles. The fourth-order valence-corrected chi connectivity index (χ4v) is 3.24. The molecule has 9 nitrogen and oxygen atoms in total. The lowest BCUT2D eigenvalue weighted by atomic mass is 9.98. The Morgan fingerprint density at radius 1 is 0.939 bits per heavy atom. The van der Waals surface area contributed by atoms with Crippen molar-refractivity contribution in [1.29, 1.82) is 0 Å². The number of benzene rings is 1. The number of methoxy groups -OCH3 is 1. The number of aliphatic hydroxyl groups excluding tert-OH is 1. The molecule has 1 aliphatic rings. The van der Waals surface area contributed by atoms with E-state index in [4.69, 9.17) is 23.7 Å². The van der Waals surface area contributed by atoms with Crippen molar-refractivity contribution in [2.75, 3.05) is 13.7 Å². The number of allylic oxidation sites excluding steroid dienone is 2. The van der Waals surface area contributed by atoms with Gasteiger partial charge in [-0.1, -0.05) is 30.4 Å². The summed E-state index contributed by atoms with van der Waals surface area (Å²) in [5, 5.41) is 9.85. The van der Waals surface area contributed by atoms with Gasteiger partial charge < -0.3 is 28.8 Å². The zero-order valence-electron chi connectivity index (χ0n) is 18.6. The van der Waals surface area contributed by atoms with E-state index in [0.29, 0.717) is 12.8 Å². The lowest BCUT2D eigenvalue weighted by molar-refractivity contribution is -0.298. The molecule has 1 fully saturated rings. The first-order valence-electron chi connectivity index (χ1n) is 10.6. The largest absolute Gasteiger partial charge is 0.455 e. The Bertz CT molecular complexity index is 807. The average molecular weight is 462 g/mol. The molecule has 0 unspecified atom stereocenters. The van der Waals surface area contributed by atoms with Crippen LogP contribution >= 0.6 is 0 Å². The van der Waals surface area contributed by atoms with Crippen molar-refractivity contribution < 1.29 is 43.2 Å². The molecule has 0 spiro atoms. The third-order valence-corrected chi connectivity index (χ3v) is 4.90. The maximum atomic E-state index is 12.7. The molecule has 1 aliphatic heterocycles. The minimum atomic E-state index is -1.28. The van der Waals surface area contributed by atoms with Crippen LogP contribution < -0.4 is 0 Å². The Morgan fingerprint density at radius 3 is 2.03 bits per heavy atom. The van der Waals surface area contributed by atoms with Crippen molar-refractivity contribution in [2.45, 2.75) is 56.4 Å². The number of rotatable bonds is 12. The molecule has 1 heterocycles. The second kappa shape index (κ2) is 13.5. The van der Waals surface area contributed by atoms with Gasteiger partial charge in [-0.3, -0.25) is 9.59 Å². The summed E-state index contributed by atoms with van der Waals surface area (Å²) < 4.78 is 27.7. The number of hydrogen-bond donors (Lipinski definition) is 1. The first-order chi connectivity index (χ1) is 15.9. The Labute approximate surface area is 192 Å². The molecule has 5 atom stereocenters. The van der Waals surface area contributed by atoms with E-state index in [1.54, 1.807) is 42.5 Å². The Morgan fingerprint density at radius 2 is 1.52 bits per heavy atom. The van der Waals surface area contributed by atoms with E-state index in [1.165, 1.54) is 7.11 Å². The van der Waals surface area contributed by atoms with Crippen LogP contribution in [0.25, 0.3) is 0 Å². The highest BCUT2D eigenvalue weighted by Crippen LogP contribution is 2.30. The van der Waals surface area contributed by atoms with Gasteiger partial charge >= 0.3 is 17.9 Å². The van der Waals surface area contributed by atoms with Crippen molar-refractivity contribution >= 4 is 17.9 Å². The Hall–Kier alpha value is -3.01. The van der Waals surface area contributed by atoms with Crippen LogP contribution in [0, 0.1) is 0 Å². The predicted molar refractivity (Wildman–Crippen MR) is 117 cm³/mol. The summed E-state index contributed by atoms with van der Waals surface area (Å²) in [5.41, 5.74) is 0.257. The van der Waals surface area contributed by atoms with Crippen LogP contribution in [0.2, 0.25) is 0 Å². The van der Waals surface area contributed by atoms with Crippen molar-refractivity contribution in [3.05, 3.63) is 61.2 Å². The van der Waals surface area contributed by atoms with E-state index in [1.807, 2.05) is 0 Å². The molecule has 180 valence electrons. The quantitative estimate of drug-likeness (QED) is 0.284. The van der Waals surface area contributed by atoms with Crippen molar-refractivity contribution in [1.82, 2.24) is 0 Å². The fourth-order valence-electron chi connectivity index (χ4n) is 3.24. The number of aliphatic hydroxyl groups is 1. The van der Waals surface area contributed by atoms with Gasteiger partial charge in [-0.15, -0.1) is 13.2 Å². The molecule has 1 N–H and O–H groups in total. The van der Waals surface area contributed by atoms with Gasteiger partial charge in [-0.25, -0.2) is 4.79 Å². The van der Waals surface area contributed by atoms with Crippen molar-refractivity contribution in [2.24, 2.45) is 0 Å². The summed E-state index contributed by atoms with van der Waals surface area (Å²) in [5.74, 6) is -1.95. The third kappa shape index (κ3) is 7.52. The smallest absolute Gasteiger partial charge is 0.338 e. The van der Waals surface area contributed by atoms with E-state index >= 15 is 0 Å². The molecular formula is C24H30O9. The molecule has 0 amide bonds. The van der Waals surface area contributed by atoms with E-state index in [-0.39, 0.29) is 18.4 Å². The van der Waals surface area contributed by atoms with Crippen molar-refractivity contribution in [3.8, 4) is 0 Å². The molecule has 1 aromatic carbocycles. The number of hydrogen-bond acceptors (Lipinski definition) is 9. The van der Waals surface area contributed by atoms with Crippen molar-refractivity contribution in [3.63, 3.8) is 0 Å². The maximum Gasteiger partial charge on any atom is 0.338 e. The molecule has 0 aliphatic carbocycles. The van der Waals surface area contributed by atoms with Crippen LogP contribution in [-0.2, 0) is 33.3 Å². The van der Waals surface area contributed by atoms with Crippen LogP contribution in [0.3, 0.4) is 0 Å². The van der Waals surface area contributed by atoms with E-state index < -0.39 is 55.2 Å². The Balaban J connectivity index is 2.35. The second-order valence-corrected chi connectivity index (χ2v) is 7.26. The fraction of sp³-hybridized carbons (Fsp3) is 0.458. The molecule has 0 bridgehead atoms. The van der Waals surface area contributed by atoms with E-state index in [0.717, 1.165) is 0 Å². The van der Waals surface area contributed by atoms with Gasteiger partial charge in [0.15, 0.2) is 24.6 Å². The van der Waals surface area contributed by atoms with Gasteiger partial charge in [0.1, 0.15) is 6.10 Å². The molecule has 2 rings (SSSR count). The SMILES string of the molecule is C=CCCC(=O)O[C@@H]1[C@@H](OC(=O)c2ccccc2)[C@@H](OC)O[C@H](CO)[C@H]1OC(=O)CCC=C. The molecule has 1 saturated heterocycles. The number of carbonyl (C=O) groups is 3. The van der Waals surface area contributed by atoms with Gasteiger partial charge in [0.25, 0.3) is 0 Å². The standard InChI is InChI=1S/C24H30O9/c1-4-6-13-18(26)31-20-17(15-25)30-24(29-3)22(21(20)32-19(27)14-7-5-2)33-23(28)16-11-9-8-10-12-16/h4-5,8-12,17,20-22,24-25H,1-2,6-7,13-15H2,3H3/t17-,20-,21+,22-,24+/m1/s1. The van der Waals surface area contributed by atoms with Crippen LogP contribution in [0.4, 0.5) is 0 Å². The molecule has 0 radical (unpaired) electrons. The highest BCUT2D eigenvalue weighted by molar-refractivity contribution is 5.89. The minimum absolute atomic E-state index is 0.0127. The lowest BCUT2D eigenvalue weighted by Crippen LogP contribution is -2.62. The predicted octanol–water partition coefficient (Wildman–Crippen LogP) is 2.33. The summed E-state index contributed by atoms with van der Waals surface area (Å²) >= 11 is 0. The molecule has 9 heteroatoms. The summed E-state index contributed by atoms with van der Waals surface area (Å²) in [4.78, 5) is 37.5. The average Bonchev–Trinajstić information content (AvgIpc) is 2.83. The monoisotopic (exact) mass is 462 g/mol. The van der Waals surface area contributed by atoms with Gasteiger partial charge in [0.05, 0.1) is 12.2 Å². The first kappa shape index (κ1) is 26.2. The lowest BCUT2D eigenvalue weighted by Gasteiger charge is -2.43. The number of carbonyl (C=O) groups excluding carboxylic acids is 3. The second-order valence-electron chi connectivity index (χ2n) is 7.26. The van der Waals surface area contributed by atoms with E-state index in [2.05, 4.69) is 13.2 Å². The number of esters is 3. The summed E-state index contributed by atoms with van der Waals surface area (Å²) in [6, 6.07) is 8.19. The molecule has 1 aromatic rings. The topological polar surface area (TPSA) is 118 Å². The molecule has 33 heavy (non-hydrogen) atoms. The first-order valence-corrected chi connectivity index (χ1v) is 10.6. The zero-order chi connectivity index (χ0) is 24.2. The number of ether oxygens (including phenoxy) is 5. The van der Waals surface area contributed by atoms with Gasteiger partial charge in [0.2, 0.25) is 0 Å². The normalized spacial score (nSPS) is 24.4. The summed E-state index contributed by atoms with van der Waals surface area (Å²) in [7, 11) is 1.31.